The minimum absolute atomic E-state index is 0.00363. The van der Waals surface area contributed by atoms with Gasteiger partial charge in [-0.3, -0.25) is 19.5 Å². The van der Waals surface area contributed by atoms with Gasteiger partial charge in [0.2, 0.25) is 15.9 Å². The van der Waals surface area contributed by atoms with Crippen LogP contribution in [0.1, 0.15) is 24.2 Å². The molecule has 0 spiro atoms. The number of thiazole rings is 1. The second-order valence-corrected chi connectivity index (χ2v) is 15.8. The molecule has 16 heteroatoms. The van der Waals surface area contributed by atoms with Gasteiger partial charge in [-0.25, -0.2) is 23.1 Å². The molecule has 0 aliphatic carbocycles. The van der Waals surface area contributed by atoms with Crippen molar-refractivity contribution in [3.8, 4) is 28.4 Å². The van der Waals surface area contributed by atoms with E-state index >= 15 is 0 Å². The van der Waals surface area contributed by atoms with E-state index in [0.717, 1.165) is 16.9 Å². The van der Waals surface area contributed by atoms with Crippen LogP contribution in [0.25, 0.3) is 33.7 Å². The monoisotopic (exact) mass is 792 g/mol. The second-order valence-electron chi connectivity index (χ2n) is 12.0. The summed E-state index contributed by atoms with van der Waals surface area (Å²) in [7, 11) is -2.15. The summed E-state index contributed by atoms with van der Waals surface area (Å²) in [5, 5.41) is 12.8. The van der Waals surface area contributed by atoms with Gasteiger partial charge in [0, 0.05) is 47.7 Å². The van der Waals surface area contributed by atoms with E-state index in [9.17, 15) is 18.0 Å². The molecule has 13 nitrogen and oxygen atoms in total. The number of rotatable bonds is 14. The van der Waals surface area contributed by atoms with Crippen LogP contribution in [0.2, 0.25) is 0 Å². The van der Waals surface area contributed by atoms with Crippen LogP contribution in [-0.2, 0) is 14.8 Å². The number of thioether (sulfide) groups is 1. The molecule has 0 fully saturated rings. The van der Waals surface area contributed by atoms with Crippen LogP contribution in [0.5, 0.6) is 5.75 Å². The summed E-state index contributed by atoms with van der Waals surface area (Å²) in [6.07, 6.45) is 3.60. The number of methoxy groups -OCH3 is 1. The Morgan fingerprint density at radius 2 is 1.67 bits per heavy atom. The van der Waals surface area contributed by atoms with Crippen molar-refractivity contribution in [1.29, 1.82) is 0 Å². The van der Waals surface area contributed by atoms with Crippen molar-refractivity contribution in [2.24, 2.45) is 0 Å². The Hall–Kier alpha value is -5.81. The molecule has 3 aromatic heterocycles. The first-order valence-electron chi connectivity index (χ1n) is 17.2. The van der Waals surface area contributed by atoms with Crippen LogP contribution in [-0.4, -0.2) is 74.8 Å². The predicted octanol–water partition coefficient (Wildman–Crippen LogP) is 7.36. The van der Waals surface area contributed by atoms with Crippen molar-refractivity contribution in [1.82, 2.24) is 28.6 Å². The minimum Gasteiger partial charge on any atom is -0.495 e. The number of carbonyl (C=O) groups excluding carboxylic acids is 2. The maximum Gasteiger partial charge on any atom is 0.257 e. The minimum atomic E-state index is -3.72. The predicted molar refractivity (Wildman–Crippen MR) is 216 cm³/mol. The van der Waals surface area contributed by atoms with Gasteiger partial charge in [0.15, 0.2) is 10.3 Å². The molecule has 0 aliphatic rings. The van der Waals surface area contributed by atoms with Gasteiger partial charge in [-0.05, 0) is 72.8 Å². The highest BCUT2D eigenvalue weighted by Gasteiger charge is 2.24. The SMILES string of the molecule is CCN(CC)S(=O)(=O)c1ccc2c(c1)nc(SCC(=O)Nc1ccc(C(=O)Nc3nc(-c4ccc(-n5cccn5)cc4)cs3)cc1)n2-c1ccccc1OC. The van der Waals surface area contributed by atoms with E-state index in [1.807, 2.05) is 70.7 Å². The first-order chi connectivity index (χ1) is 26.7. The summed E-state index contributed by atoms with van der Waals surface area (Å²) in [6.45, 7) is 4.28. The Balaban J connectivity index is 1.02. The first kappa shape index (κ1) is 37.5. The molecule has 0 atom stereocenters. The number of hydrogen-bond acceptors (Lipinski definition) is 10. The van der Waals surface area contributed by atoms with Crippen LogP contribution in [0, 0.1) is 0 Å². The maximum absolute atomic E-state index is 13.3. The molecular weight excluding hydrogens is 757 g/mol. The number of aromatic nitrogens is 5. The molecule has 4 aromatic carbocycles. The smallest absolute Gasteiger partial charge is 0.257 e. The van der Waals surface area contributed by atoms with Crippen molar-refractivity contribution in [3.63, 3.8) is 0 Å². The number of para-hydroxylation sites is 2. The van der Waals surface area contributed by atoms with Gasteiger partial charge < -0.3 is 10.1 Å². The summed E-state index contributed by atoms with van der Waals surface area (Å²) >= 11 is 2.53. The Labute approximate surface area is 326 Å². The highest BCUT2D eigenvalue weighted by Crippen LogP contribution is 2.34. The topological polar surface area (TPSA) is 153 Å². The first-order valence-corrected chi connectivity index (χ1v) is 20.5. The lowest BCUT2D eigenvalue weighted by Gasteiger charge is -2.18. The average Bonchev–Trinajstić information content (AvgIpc) is 3.98. The van der Waals surface area contributed by atoms with Gasteiger partial charge in [0.05, 0.1) is 45.9 Å². The van der Waals surface area contributed by atoms with E-state index < -0.39 is 10.0 Å². The molecule has 2 amide bonds. The zero-order valence-electron chi connectivity index (χ0n) is 30.0. The largest absolute Gasteiger partial charge is 0.495 e. The van der Waals surface area contributed by atoms with Gasteiger partial charge in [0.25, 0.3) is 5.91 Å². The van der Waals surface area contributed by atoms with Gasteiger partial charge in [-0.15, -0.1) is 11.3 Å². The molecule has 3 heterocycles. The summed E-state index contributed by atoms with van der Waals surface area (Å²) < 4.78 is 37.3. The van der Waals surface area contributed by atoms with E-state index in [4.69, 9.17) is 9.72 Å². The Bertz CT molecular complexity index is 2560. The summed E-state index contributed by atoms with van der Waals surface area (Å²) in [5.74, 6) is -0.0295. The number of imidazole rings is 1. The standard InChI is InChI=1S/C39H36N8O5S3/c1-4-45(5-2)55(50,51)30-19-20-33-31(23-30)43-39(47(33)34-9-6-7-10-35(34)52-3)54-25-36(48)41-28-15-11-27(12-16-28)37(49)44-38-42-32(24-53-38)26-13-17-29(18-14-26)46-22-8-21-40-46/h6-24H,4-5,25H2,1-3H3,(H,41,48)(H,42,44,49). The number of amides is 2. The molecule has 0 saturated heterocycles. The third-order valence-corrected chi connectivity index (χ3v) is 12.4. The van der Waals surface area contributed by atoms with E-state index in [1.165, 1.54) is 27.4 Å². The molecular formula is C39H36N8O5S3. The Morgan fingerprint density at radius 1 is 0.909 bits per heavy atom. The van der Waals surface area contributed by atoms with E-state index in [1.54, 1.807) is 74.3 Å². The second kappa shape index (κ2) is 16.3. The van der Waals surface area contributed by atoms with Crippen LogP contribution in [0.4, 0.5) is 10.8 Å². The van der Waals surface area contributed by atoms with E-state index in [0.29, 0.717) is 57.1 Å². The normalized spacial score (nSPS) is 11.6. The Kier molecular flexibility index (Phi) is 11.1. The summed E-state index contributed by atoms with van der Waals surface area (Å²) in [5.41, 5.74) is 5.33. The van der Waals surface area contributed by atoms with Crippen LogP contribution < -0.4 is 15.4 Å². The lowest BCUT2D eigenvalue weighted by Crippen LogP contribution is -2.30. The molecule has 0 radical (unpaired) electrons. The summed E-state index contributed by atoms with van der Waals surface area (Å²) in [4.78, 5) is 35.7. The average molecular weight is 793 g/mol. The molecule has 7 rings (SSSR count). The van der Waals surface area contributed by atoms with Gasteiger partial charge in [-0.2, -0.15) is 9.40 Å². The van der Waals surface area contributed by atoms with Gasteiger partial charge in [-0.1, -0.05) is 49.9 Å². The fraction of sp³-hybridized carbons (Fsp3) is 0.154. The molecule has 280 valence electrons. The van der Waals surface area contributed by atoms with Gasteiger partial charge in [0.1, 0.15) is 5.75 Å². The number of fused-ring (bicyclic) bond motifs is 1. The highest BCUT2D eigenvalue weighted by atomic mass is 32.2. The zero-order valence-corrected chi connectivity index (χ0v) is 32.5. The fourth-order valence-corrected chi connectivity index (χ4v) is 8.94. The fourth-order valence-electron chi connectivity index (χ4n) is 5.93. The maximum atomic E-state index is 13.3. The molecule has 7 aromatic rings. The van der Waals surface area contributed by atoms with Crippen molar-refractivity contribution in [2.75, 3.05) is 36.6 Å². The summed E-state index contributed by atoms with van der Waals surface area (Å²) in [6, 6.07) is 28.5. The number of ether oxygens (including phenoxy) is 1. The number of nitrogens with one attached hydrogen (secondary N) is 2. The van der Waals surface area contributed by atoms with E-state index in [2.05, 4.69) is 20.7 Å². The van der Waals surface area contributed by atoms with Crippen LogP contribution >= 0.6 is 23.1 Å². The lowest BCUT2D eigenvalue weighted by molar-refractivity contribution is -0.113. The van der Waals surface area contributed by atoms with Crippen molar-refractivity contribution in [3.05, 3.63) is 120 Å². The molecule has 0 bridgehead atoms. The molecule has 0 unspecified atom stereocenters. The molecule has 0 aliphatic heterocycles. The highest BCUT2D eigenvalue weighted by molar-refractivity contribution is 7.99. The van der Waals surface area contributed by atoms with Crippen LogP contribution in [0.15, 0.2) is 125 Å². The number of hydrogen-bond donors (Lipinski definition) is 2. The molecule has 2 N–H and O–H groups in total. The quantitative estimate of drug-likeness (QED) is 0.108. The Morgan fingerprint density at radius 3 is 2.38 bits per heavy atom. The van der Waals surface area contributed by atoms with Crippen LogP contribution in [0.3, 0.4) is 0 Å². The molecule has 55 heavy (non-hydrogen) atoms. The zero-order chi connectivity index (χ0) is 38.5. The third-order valence-electron chi connectivity index (χ3n) is 8.68. The number of carbonyl (C=O) groups is 2. The number of benzene rings is 4. The van der Waals surface area contributed by atoms with E-state index in [-0.39, 0.29) is 22.5 Å². The van der Waals surface area contributed by atoms with Crippen molar-refractivity contribution >= 4 is 66.8 Å². The lowest BCUT2D eigenvalue weighted by atomic mass is 10.1. The molecule has 0 saturated carbocycles. The number of sulfonamides is 1. The third kappa shape index (κ3) is 8.02. The van der Waals surface area contributed by atoms with Gasteiger partial charge >= 0.3 is 0 Å². The number of nitrogens with zero attached hydrogens (tertiary/aromatic N) is 6. The number of anilines is 2. The van der Waals surface area contributed by atoms with Crippen molar-refractivity contribution < 1.29 is 22.7 Å². The van der Waals surface area contributed by atoms with Crippen molar-refractivity contribution in [2.45, 2.75) is 23.9 Å².